The summed E-state index contributed by atoms with van der Waals surface area (Å²) in [4.78, 5) is 17.9. The zero-order valence-electron chi connectivity index (χ0n) is 16.9. The number of nitrogens with zero attached hydrogens (tertiary/aromatic N) is 2. The molecular formula is C23H28N2O3S. The second kappa shape index (κ2) is 8.28. The molecule has 2 aromatic rings. The first-order valence-corrected chi connectivity index (χ1v) is 12.2. The van der Waals surface area contributed by atoms with Crippen LogP contribution in [0.25, 0.3) is 11.1 Å². The second-order valence-corrected chi connectivity index (χ2v) is 10.2. The molecule has 154 valence electrons. The van der Waals surface area contributed by atoms with E-state index in [1.165, 1.54) is 19.1 Å². The Labute approximate surface area is 173 Å². The summed E-state index contributed by atoms with van der Waals surface area (Å²) in [7, 11) is -3.25. The van der Waals surface area contributed by atoms with Crippen LogP contribution < -0.4 is 0 Å². The molecule has 1 atom stereocenters. The van der Waals surface area contributed by atoms with E-state index in [1.54, 1.807) is 18.2 Å². The molecule has 0 aliphatic carbocycles. The molecule has 0 unspecified atom stereocenters. The van der Waals surface area contributed by atoms with Gasteiger partial charge in [-0.05, 0) is 74.2 Å². The molecule has 0 aromatic heterocycles. The van der Waals surface area contributed by atoms with Crippen LogP contribution in [0.1, 0.15) is 36.0 Å². The van der Waals surface area contributed by atoms with Gasteiger partial charge < -0.3 is 9.80 Å². The third-order valence-electron chi connectivity index (χ3n) is 6.03. The zero-order chi connectivity index (χ0) is 20.4. The summed E-state index contributed by atoms with van der Waals surface area (Å²) in [5, 5.41) is 0. The van der Waals surface area contributed by atoms with Gasteiger partial charge in [-0.1, -0.05) is 24.3 Å². The highest BCUT2D eigenvalue weighted by molar-refractivity contribution is 7.90. The lowest BCUT2D eigenvalue weighted by Crippen LogP contribution is -2.42. The van der Waals surface area contributed by atoms with Crippen LogP contribution in [0.4, 0.5) is 0 Å². The molecule has 0 saturated carbocycles. The monoisotopic (exact) mass is 412 g/mol. The van der Waals surface area contributed by atoms with Crippen LogP contribution in [0, 0.1) is 0 Å². The molecular weight excluding hydrogens is 384 g/mol. The van der Waals surface area contributed by atoms with Crippen LogP contribution >= 0.6 is 0 Å². The highest BCUT2D eigenvalue weighted by Gasteiger charge is 2.31. The molecule has 1 amide bonds. The maximum atomic E-state index is 13.1. The van der Waals surface area contributed by atoms with Gasteiger partial charge in [-0.3, -0.25) is 4.79 Å². The lowest BCUT2D eigenvalue weighted by Gasteiger charge is -2.28. The van der Waals surface area contributed by atoms with Gasteiger partial charge in [0, 0.05) is 31.0 Å². The third kappa shape index (κ3) is 4.54. The van der Waals surface area contributed by atoms with Crippen molar-refractivity contribution in [3.8, 4) is 11.1 Å². The van der Waals surface area contributed by atoms with Gasteiger partial charge in [0.2, 0.25) is 0 Å². The Hall–Kier alpha value is -2.18. The molecule has 0 N–H and O–H groups in total. The number of benzene rings is 2. The van der Waals surface area contributed by atoms with E-state index in [9.17, 15) is 13.2 Å². The summed E-state index contributed by atoms with van der Waals surface area (Å²) in [5.74, 6) is 0.100. The zero-order valence-corrected chi connectivity index (χ0v) is 17.7. The van der Waals surface area contributed by atoms with Crippen molar-refractivity contribution >= 4 is 15.7 Å². The van der Waals surface area contributed by atoms with E-state index in [-0.39, 0.29) is 5.91 Å². The van der Waals surface area contributed by atoms with Crippen molar-refractivity contribution in [3.05, 3.63) is 54.1 Å². The topological polar surface area (TPSA) is 57.7 Å². The van der Waals surface area contributed by atoms with Crippen molar-refractivity contribution in [1.82, 2.24) is 9.80 Å². The largest absolute Gasteiger partial charge is 0.334 e. The Bertz CT molecular complexity index is 979. The fourth-order valence-electron chi connectivity index (χ4n) is 4.43. The molecule has 5 nitrogen and oxygen atoms in total. The predicted molar refractivity (Wildman–Crippen MR) is 115 cm³/mol. The number of hydrogen-bond donors (Lipinski definition) is 0. The highest BCUT2D eigenvalue weighted by atomic mass is 32.2. The molecule has 29 heavy (non-hydrogen) atoms. The number of amides is 1. The van der Waals surface area contributed by atoms with Crippen molar-refractivity contribution < 1.29 is 13.2 Å². The standard InChI is InChI=1S/C23H28N2O3S/c1-29(27,28)22-8-4-6-20(16-22)18-9-11-19(12-10-18)23(26)25-15-5-7-21(25)17-24-13-2-3-14-24/h4,6,8-12,16,21H,2-3,5,7,13-15,17H2,1H3/t21-/m0/s1. The number of rotatable bonds is 5. The van der Waals surface area contributed by atoms with Crippen LogP contribution in [-0.2, 0) is 9.84 Å². The Morgan fingerprint density at radius 2 is 1.69 bits per heavy atom. The number of carbonyl (C=O) groups excluding carboxylic acids is 1. The van der Waals surface area contributed by atoms with E-state index in [1.807, 2.05) is 35.2 Å². The third-order valence-corrected chi connectivity index (χ3v) is 7.14. The fraction of sp³-hybridized carbons (Fsp3) is 0.435. The van der Waals surface area contributed by atoms with Crippen LogP contribution in [0.3, 0.4) is 0 Å². The van der Waals surface area contributed by atoms with E-state index in [2.05, 4.69) is 4.90 Å². The maximum Gasteiger partial charge on any atom is 0.254 e. The molecule has 2 aromatic carbocycles. The average molecular weight is 413 g/mol. The van der Waals surface area contributed by atoms with Crippen molar-refractivity contribution in [1.29, 1.82) is 0 Å². The lowest BCUT2D eigenvalue weighted by molar-refractivity contribution is 0.0709. The Morgan fingerprint density at radius 1 is 0.966 bits per heavy atom. The molecule has 0 bridgehead atoms. The average Bonchev–Trinajstić information content (AvgIpc) is 3.40. The van der Waals surface area contributed by atoms with Crippen molar-refractivity contribution in [2.45, 2.75) is 36.6 Å². The molecule has 2 aliphatic rings. The summed E-state index contributed by atoms with van der Waals surface area (Å²) < 4.78 is 23.6. The van der Waals surface area contributed by atoms with E-state index >= 15 is 0 Å². The normalized spacial score (nSPS) is 20.3. The van der Waals surface area contributed by atoms with Gasteiger partial charge in [-0.15, -0.1) is 0 Å². The van der Waals surface area contributed by atoms with Gasteiger partial charge in [0.15, 0.2) is 9.84 Å². The number of sulfone groups is 1. The molecule has 4 rings (SSSR count). The maximum absolute atomic E-state index is 13.1. The fourth-order valence-corrected chi connectivity index (χ4v) is 5.10. The van der Waals surface area contributed by atoms with Crippen LogP contribution in [0.15, 0.2) is 53.4 Å². The minimum absolute atomic E-state index is 0.100. The van der Waals surface area contributed by atoms with Crippen molar-refractivity contribution in [2.24, 2.45) is 0 Å². The SMILES string of the molecule is CS(=O)(=O)c1cccc(-c2ccc(C(=O)N3CCC[C@H]3CN3CCCC3)cc2)c1. The van der Waals surface area contributed by atoms with Crippen molar-refractivity contribution in [3.63, 3.8) is 0 Å². The first kappa shape index (κ1) is 20.1. The summed E-state index contributed by atoms with van der Waals surface area (Å²) in [6, 6.07) is 14.7. The van der Waals surface area contributed by atoms with Crippen LogP contribution in [-0.4, -0.2) is 62.6 Å². The summed E-state index contributed by atoms with van der Waals surface area (Å²) in [6.07, 6.45) is 5.90. The summed E-state index contributed by atoms with van der Waals surface area (Å²) in [5.41, 5.74) is 2.43. The van der Waals surface area contributed by atoms with Gasteiger partial charge in [-0.2, -0.15) is 0 Å². The van der Waals surface area contributed by atoms with E-state index < -0.39 is 9.84 Å². The van der Waals surface area contributed by atoms with Gasteiger partial charge in [-0.25, -0.2) is 8.42 Å². The van der Waals surface area contributed by atoms with Gasteiger partial charge in [0.25, 0.3) is 5.91 Å². The Morgan fingerprint density at radius 3 is 2.38 bits per heavy atom. The lowest BCUT2D eigenvalue weighted by atomic mass is 10.0. The number of likely N-dealkylation sites (tertiary alicyclic amines) is 2. The van der Waals surface area contributed by atoms with E-state index in [0.717, 1.165) is 50.1 Å². The van der Waals surface area contributed by atoms with Gasteiger partial charge in [0.1, 0.15) is 0 Å². The van der Waals surface area contributed by atoms with Crippen LogP contribution in [0.2, 0.25) is 0 Å². The summed E-state index contributed by atoms with van der Waals surface area (Å²) >= 11 is 0. The molecule has 2 aliphatic heterocycles. The Balaban J connectivity index is 1.49. The molecule has 2 fully saturated rings. The summed E-state index contributed by atoms with van der Waals surface area (Å²) in [6.45, 7) is 4.12. The minimum Gasteiger partial charge on any atom is -0.334 e. The predicted octanol–water partition coefficient (Wildman–Crippen LogP) is 3.46. The molecule has 0 radical (unpaired) electrons. The first-order valence-electron chi connectivity index (χ1n) is 10.4. The van der Waals surface area contributed by atoms with Gasteiger partial charge in [0.05, 0.1) is 4.90 Å². The molecule has 6 heteroatoms. The van der Waals surface area contributed by atoms with Crippen molar-refractivity contribution in [2.75, 3.05) is 32.4 Å². The minimum atomic E-state index is -3.25. The number of hydrogen-bond acceptors (Lipinski definition) is 4. The molecule has 0 spiro atoms. The quantitative estimate of drug-likeness (QED) is 0.755. The molecule has 2 heterocycles. The number of carbonyl (C=O) groups is 1. The smallest absolute Gasteiger partial charge is 0.254 e. The Kier molecular flexibility index (Phi) is 5.74. The van der Waals surface area contributed by atoms with E-state index in [4.69, 9.17) is 0 Å². The first-order chi connectivity index (χ1) is 13.9. The van der Waals surface area contributed by atoms with E-state index in [0.29, 0.717) is 16.5 Å². The molecule has 2 saturated heterocycles. The van der Waals surface area contributed by atoms with Gasteiger partial charge >= 0.3 is 0 Å². The van der Waals surface area contributed by atoms with Crippen LogP contribution in [0.5, 0.6) is 0 Å². The highest BCUT2D eigenvalue weighted by Crippen LogP contribution is 2.26. The second-order valence-electron chi connectivity index (χ2n) is 8.18.